The average Bonchev–Trinajstić information content (AvgIpc) is 2.29. The van der Waals surface area contributed by atoms with E-state index >= 15 is 0 Å². The van der Waals surface area contributed by atoms with E-state index in [-0.39, 0.29) is 0 Å². The highest BCUT2D eigenvalue weighted by Crippen LogP contribution is 2.27. The molecule has 0 aliphatic rings. The second-order valence-corrected chi connectivity index (χ2v) is 3.91. The van der Waals surface area contributed by atoms with Crippen molar-refractivity contribution in [2.75, 3.05) is 0 Å². The fraction of sp³-hybridized carbons (Fsp3) is 0.667. The van der Waals surface area contributed by atoms with Gasteiger partial charge >= 0.3 is 0 Å². The lowest BCUT2D eigenvalue weighted by atomic mass is 9.91. The fourth-order valence-electron chi connectivity index (χ4n) is 1.91. The van der Waals surface area contributed by atoms with Crippen LogP contribution in [0.5, 0.6) is 0 Å². The van der Waals surface area contributed by atoms with E-state index in [1.165, 1.54) is 0 Å². The molecule has 1 atom stereocenters. The second kappa shape index (κ2) is 6.51. The molecule has 0 radical (unpaired) electrons. The van der Waals surface area contributed by atoms with Gasteiger partial charge in [-0.3, -0.25) is 9.97 Å². The van der Waals surface area contributed by atoms with E-state index in [0.717, 1.165) is 25.7 Å². The fourth-order valence-corrected chi connectivity index (χ4v) is 1.91. The lowest BCUT2D eigenvalue weighted by Gasteiger charge is -2.21. The molecule has 0 amide bonds. The number of hydrogen-bond acceptors (Lipinski definition) is 3. The van der Waals surface area contributed by atoms with Crippen molar-refractivity contribution in [2.24, 2.45) is 5.92 Å². The van der Waals surface area contributed by atoms with Crippen molar-refractivity contribution in [3.05, 3.63) is 24.3 Å². The van der Waals surface area contributed by atoms with Gasteiger partial charge in [-0.15, -0.1) is 0 Å². The molecule has 15 heavy (non-hydrogen) atoms. The number of nitrogens with zero attached hydrogens (tertiary/aromatic N) is 2. The zero-order valence-electron chi connectivity index (χ0n) is 9.56. The Hall–Kier alpha value is -0.960. The van der Waals surface area contributed by atoms with Crippen LogP contribution in [0.25, 0.3) is 0 Å². The number of aliphatic hydroxyl groups excluding tert-OH is 1. The van der Waals surface area contributed by atoms with Crippen LogP contribution in [0.4, 0.5) is 0 Å². The van der Waals surface area contributed by atoms with Crippen LogP contribution in [-0.2, 0) is 0 Å². The third-order valence-electron chi connectivity index (χ3n) is 2.65. The quantitative estimate of drug-likeness (QED) is 0.781. The van der Waals surface area contributed by atoms with E-state index in [9.17, 15) is 5.11 Å². The first-order valence-corrected chi connectivity index (χ1v) is 5.73. The minimum absolute atomic E-state index is 0.316. The lowest BCUT2D eigenvalue weighted by Crippen LogP contribution is -2.14. The summed E-state index contributed by atoms with van der Waals surface area (Å²) < 4.78 is 0. The van der Waals surface area contributed by atoms with Crippen molar-refractivity contribution in [3.8, 4) is 0 Å². The number of aromatic nitrogens is 2. The molecule has 3 nitrogen and oxygen atoms in total. The summed E-state index contributed by atoms with van der Waals surface area (Å²) in [6, 6.07) is 0. The van der Waals surface area contributed by atoms with Gasteiger partial charge in [0.1, 0.15) is 6.10 Å². The molecule has 1 aromatic rings. The van der Waals surface area contributed by atoms with Gasteiger partial charge in [-0.05, 0) is 18.8 Å². The molecule has 1 unspecified atom stereocenters. The SMILES string of the molecule is CCCC(CCC)C(O)c1cnccn1. The van der Waals surface area contributed by atoms with Crippen molar-refractivity contribution in [3.63, 3.8) is 0 Å². The Morgan fingerprint density at radius 2 is 1.87 bits per heavy atom. The number of rotatable bonds is 6. The average molecular weight is 208 g/mol. The molecule has 0 fully saturated rings. The van der Waals surface area contributed by atoms with Gasteiger partial charge in [0, 0.05) is 12.4 Å². The summed E-state index contributed by atoms with van der Waals surface area (Å²) in [5.74, 6) is 0.316. The summed E-state index contributed by atoms with van der Waals surface area (Å²) in [5, 5.41) is 10.1. The molecule has 0 bridgehead atoms. The first-order valence-electron chi connectivity index (χ1n) is 5.73. The maximum atomic E-state index is 10.1. The summed E-state index contributed by atoms with van der Waals surface area (Å²) in [6.45, 7) is 4.29. The molecule has 1 aromatic heterocycles. The summed E-state index contributed by atoms with van der Waals surface area (Å²) in [7, 11) is 0. The van der Waals surface area contributed by atoms with Gasteiger partial charge in [0.25, 0.3) is 0 Å². The molecule has 0 aliphatic carbocycles. The predicted molar refractivity (Wildman–Crippen MR) is 60.3 cm³/mol. The van der Waals surface area contributed by atoms with Crippen LogP contribution >= 0.6 is 0 Å². The van der Waals surface area contributed by atoms with Crippen molar-refractivity contribution in [1.29, 1.82) is 0 Å². The molecule has 0 aromatic carbocycles. The molecule has 84 valence electrons. The molecule has 1 heterocycles. The third kappa shape index (κ3) is 3.59. The van der Waals surface area contributed by atoms with Gasteiger partial charge in [-0.25, -0.2) is 0 Å². The number of aliphatic hydroxyl groups is 1. The smallest absolute Gasteiger partial charge is 0.100 e. The zero-order valence-corrected chi connectivity index (χ0v) is 9.56. The molecule has 3 heteroatoms. The first-order chi connectivity index (χ1) is 7.29. The van der Waals surface area contributed by atoms with Crippen molar-refractivity contribution in [1.82, 2.24) is 9.97 Å². The van der Waals surface area contributed by atoms with E-state index in [4.69, 9.17) is 0 Å². The van der Waals surface area contributed by atoms with Gasteiger partial charge in [0.2, 0.25) is 0 Å². The topological polar surface area (TPSA) is 46.0 Å². The molecule has 0 saturated carbocycles. The maximum absolute atomic E-state index is 10.1. The van der Waals surface area contributed by atoms with Crippen LogP contribution in [-0.4, -0.2) is 15.1 Å². The predicted octanol–water partition coefficient (Wildman–Crippen LogP) is 2.73. The van der Waals surface area contributed by atoms with E-state index < -0.39 is 6.10 Å². The summed E-state index contributed by atoms with van der Waals surface area (Å²) >= 11 is 0. The summed E-state index contributed by atoms with van der Waals surface area (Å²) in [6.07, 6.45) is 8.75. The molecule has 1 rings (SSSR count). The Morgan fingerprint density at radius 3 is 2.33 bits per heavy atom. The molecule has 0 aliphatic heterocycles. The van der Waals surface area contributed by atoms with Crippen LogP contribution in [0.2, 0.25) is 0 Å². The normalized spacial score (nSPS) is 13.1. The highest BCUT2D eigenvalue weighted by molar-refractivity contribution is 5.00. The highest BCUT2D eigenvalue weighted by Gasteiger charge is 2.20. The third-order valence-corrected chi connectivity index (χ3v) is 2.65. The van der Waals surface area contributed by atoms with Crippen LogP contribution in [0.3, 0.4) is 0 Å². The van der Waals surface area contributed by atoms with Crippen LogP contribution in [0.15, 0.2) is 18.6 Å². The zero-order chi connectivity index (χ0) is 11.1. The van der Waals surface area contributed by atoms with Gasteiger partial charge in [0.15, 0.2) is 0 Å². The largest absolute Gasteiger partial charge is 0.386 e. The van der Waals surface area contributed by atoms with Crippen LogP contribution < -0.4 is 0 Å². The van der Waals surface area contributed by atoms with E-state index in [1.807, 2.05) is 0 Å². The van der Waals surface area contributed by atoms with E-state index in [2.05, 4.69) is 23.8 Å². The Bertz CT molecular complexity index is 258. The molecule has 1 N–H and O–H groups in total. The van der Waals surface area contributed by atoms with Crippen molar-refractivity contribution < 1.29 is 5.11 Å². The Labute approximate surface area is 91.6 Å². The van der Waals surface area contributed by atoms with Crippen LogP contribution in [0.1, 0.15) is 51.3 Å². The minimum Gasteiger partial charge on any atom is -0.386 e. The summed E-state index contributed by atoms with van der Waals surface area (Å²) in [4.78, 5) is 8.14. The molecular weight excluding hydrogens is 188 g/mol. The van der Waals surface area contributed by atoms with Crippen molar-refractivity contribution in [2.45, 2.75) is 45.6 Å². The first kappa shape index (κ1) is 12.1. The number of hydrogen-bond donors (Lipinski definition) is 1. The summed E-state index contributed by atoms with van der Waals surface area (Å²) in [5.41, 5.74) is 0.699. The van der Waals surface area contributed by atoms with E-state index in [0.29, 0.717) is 11.6 Å². The Morgan fingerprint density at radius 1 is 1.20 bits per heavy atom. The maximum Gasteiger partial charge on any atom is 0.100 e. The Kier molecular flexibility index (Phi) is 5.26. The highest BCUT2D eigenvalue weighted by atomic mass is 16.3. The Balaban J connectivity index is 2.67. The molecular formula is C12H20N2O. The van der Waals surface area contributed by atoms with Gasteiger partial charge in [-0.1, -0.05) is 26.7 Å². The van der Waals surface area contributed by atoms with E-state index in [1.54, 1.807) is 18.6 Å². The minimum atomic E-state index is -0.460. The lowest BCUT2D eigenvalue weighted by molar-refractivity contribution is 0.0921. The standard InChI is InChI=1S/C12H20N2O/c1-3-5-10(6-4-2)12(15)11-9-13-7-8-14-11/h7-10,12,15H,3-6H2,1-2H3. The van der Waals surface area contributed by atoms with Gasteiger partial charge in [-0.2, -0.15) is 0 Å². The molecule has 0 saturated heterocycles. The second-order valence-electron chi connectivity index (χ2n) is 3.91. The van der Waals surface area contributed by atoms with Gasteiger partial charge < -0.3 is 5.11 Å². The van der Waals surface area contributed by atoms with Crippen molar-refractivity contribution >= 4 is 0 Å². The molecule has 0 spiro atoms. The monoisotopic (exact) mass is 208 g/mol. The van der Waals surface area contributed by atoms with Crippen LogP contribution in [0, 0.1) is 5.92 Å². The van der Waals surface area contributed by atoms with Gasteiger partial charge in [0.05, 0.1) is 11.9 Å².